The van der Waals surface area contributed by atoms with Crippen molar-refractivity contribution in [2.24, 2.45) is 0 Å². The first kappa shape index (κ1) is 78.3. The van der Waals surface area contributed by atoms with Crippen molar-refractivity contribution < 1.29 is 24.5 Å². The molecule has 0 heterocycles. The quantitative estimate of drug-likeness (QED) is 0.0320. The van der Waals surface area contributed by atoms with Gasteiger partial charge < -0.3 is 20.3 Å². The minimum absolute atomic E-state index is 0.0209. The molecule has 0 fully saturated rings. The Kier molecular flexibility index (Phi) is 68.4. The number of unbranched alkanes of at least 4 members (excludes halogenated alkanes) is 56. The maximum Gasteiger partial charge on any atom is 0.305 e. The number of amides is 1. The molecule has 6 nitrogen and oxygen atoms in total. The van der Waals surface area contributed by atoms with E-state index in [1.807, 2.05) is 6.08 Å². The van der Waals surface area contributed by atoms with Gasteiger partial charge in [-0.05, 0) is 57.8 Å². The first-order valence-corrected chi connectivity index (χ1v) is 36.6. The Morgan fingerprint density at radius 2 is 0.588 bits per heavy atom. The van der Waals surface area contributed by atoms with E-state index in [0.717, 1.165) is 38.5 Å². The molecule has 0 aromatic heterocycles. The monoisotopic (exact) mass is 1130 g/mol. The van der Waals surface area contributed by atoms with Crippen molar-refractivity contribution >= 4 is 11.9 Å². The molecule has 0 aromatic carbocycles. The fourth-order valence-electron chi connectivity index (χ4n) is 11.6. The fourth-order valence-corrected chi connectivity index (χ4v) is 11.6. The van der Waals surface area contributed by atoms with Crippen LogP contribution in [0.15, 0.2) is 24.3 Å². The Morgan fingerprint density at radius 1 is 0.338 bits per heavy atom. The molecule has 0 aliphatic heterocycles. The minimum atomic E-state index is -0.844. The van der Waals surface area contributed by atoms with Crippen LogP contribution in [-0.2, 0) is 14.3 Å². The molecule has 1 amide bonds. The molecular weight excluding hydrogens is 983 g/mol. The number of nitrogens with one attached hydrogen (secondary N) is 1. The number of allylic oxidation sites excluding steroid dienone is 3. The summed E-state index contributed by atoms with van der Waals surface area (Å²) in [6, 6.07) is -0.627. The lowest BCUT2D eigenvalue weighted by Crippen LogP contribution is -2.45. The fraction of sp³-hybridized carbons (Fsp3) is 0.919. The summed E-state index contributed by atoms with van der Waals surface area (Å²) in [5.74, 6) is -0.0429. The third-order valence-electron chi connectivity index (χ3n) is 17.2. The van der Waals surface area contributed by atoms with Gasteiger partial charge in [-0.2, -0.15) is 0 Å². The normalized spacial score (nSPS) is 12.6. The first-order chi connectivity index (χ1) is 39.5. The van der Waals surface area contributed by atoms with Gasteiger partial charge in [0.15, 0.2) is 0 Å². The van der Waals surface area contributed by atoms with Gasteiger partial charge in [-0.25, -0.2) is 0 Å². The van der Waals surface area contributed by atoms with Crippen molar-refractivity contribution in [2.75, 3.05) is 13.2 Å². The number of rotatable bonds is 69. The zero-order valence-corrected chi connectivity index (χ0v) is 54.3. The van der Waals surface area contributed by atoms with E-state index in [2.05, 4.69) is 31.3 Å². The molecule has 474 valence electrons. The second-order valence-corrected chi connectivity index (χ2v) is 25.3. The standard InChI is InChI=1S/C74H143NO5/c1-3-5-7-9-11-13-15-17-19-34-38-42-46-50-54-58-62-66-72(77)71(70-76)75-73(78)67-63-59-55-51-47-43-39-36-32-30-28-26-24-22-21-23-25-27-29-31-33-37-41-45-49-53-57-61-65-69-80-74(79)68-64-60-56-52-48-44-40-35-20-18-16-14-12-10-8-6-4-2/h21,23,62,66,71-72,76-77H,3-20,22,24-61,63-65,67-70H2,1-2H3,(H,75,78)/b23-21-,66-62+. The van der Waals surface area contributed by atoms with Crippen LogP contribution < -0.4 is 5.32 Å². The zero-order valence-electron chi connectivity index (χ0n) is 54.3. The molecule has 0 aromatic rings. The molecule has 3 N–H and O–H groups in total. The van der Waals surface area contributed by atoms with E-state index in [1.165, 1.54) is 347 Å². The summed E-state index contributed by atoms with van der Waals surface area (Å²) in [6.45, 7) is 4.95. The number of aliphatic hydroxyl groups is 2. The van der Waals surface area contributed by atoms with E-state index < -0.39 is 12.1 Å². The highest BCUT2D eigenvalue weighted by molar-refractivity contribution is 5.76. The number of hydrogen-bond donors (Lipinski definition) is 3. The molecule has 6 heteroatoms. The molecule has 0 saturated heterocycles. The Hall–Kier alpha value is -1.66. The van der Waals surface area contributed by atoms with Crippen molar-refractivity contribution in [3.63, 3.8) is 0 Å². The van der Waals surface area contributed by atoms with E-state index in [-0.39, 0.29) is 18.5 Å². The van der Waals surface area contributed by atoms with Gasteiger partial charge in [0.2, 0.25) is 5.91 Å². The Labute approximate surface area is 501 Å². The topological polar surface area (TPSA) is 95.9 Å². The average Bonchev–Trinajstić information content (AvgIpc) is 3.46. The van der Waals surface area contributed by atoms with Crippen LogP contribution >= 0.6 is 0 Å². The molecule has 2 atom stereocenters. The highest BCUT2D eigenvalue weighted by Crippen LogP contribution is 2.19. The van der Waals surface area contributed by atoms with Crippen LogP contribution in [0.1, 0.15) is 412 Å². The summed E-state index contributed by atoms with van der Waals surface area (Å²) in [7, 11) is 0. The summed E-state index contributed by atoms with van der Waals surface area (Å²) in [5.41, 5.74) is 0. The smallest absolute Gasteiger partial charge is 0.305 e. The SMILES string of the molecule is CCCCCCCCCCCCCCCCC/C=C/C(O)C(CO)NC(=O)CCCCCCCCCCCCCCC/C=C\CCCCCCCCCCCCCCOC(=O)CCCCCCCCCCCCCCCCCCC. The van der Waals surface area contributed by atoms with E-state index in [4.69, 9.17) is 4.74 Å². The molecule has 0 bridgehead atoms. The number of carbonyl (C=O) groups excluding carboxylic acids is 2. The van der Waals surface area contributed by atoms with Crippen LogP contribution in [-0.4, -0.2) is 47.4 Å². The van der Waals surface area contributed by atoms with Crippen molar-refractivity contribution in [3.8, 4) is 0 Å². The number of carbonyl (C=O) groups is 2. The summed E-state index contributed by atoms with van der Waals surface area (Å²) in [4.78, 5) is 24.6. The largest absolute Gasteiger partial charge is 0.466 e. The Balaban J connectivity index is 3.37. The Morgan fingerprint density at radius 3 is 0.887 bits per heavy atom. The lowest BCUT2D eigenvalue weighted by molar-refractivity contribution is -0.143. The molecule has 0 rings (SSSR count). The summed E-state index contributed by atoms with van der Waals surface area (Å²) in [5, 5.41) is 23.2. The van der Waals surface area contributed by atoms with Gasteiger partial charge in [-0.1, -0.05) is 366 Å². The van der Waals surface area contributed by atoms with Crippen molar-refractivity contribution in [1.29, 1.82) is 0 Å². The van der Waals surface area contributed by atoms with Gasteiger partial charge in [0, 0.05) is 12.8 Å². The van der Waals surface area contributed by atoms with Crippen LogP contribution in [0, 0.1) is 0 Å². The van der Waals surface area contributed by atoms with Crippen LogP contribution in [0.5, 0.6) is 0 Å². The second kappa shape index (κ2) is 69.8. The van der Waals surface area contributed by atoms with E-state index >= 15 is 0 Å². The minimum Gasteiger partial charge on any atom is -0.466 e. The van der Waals surface area contributed by atoms with Crippen LogP contribution in [0.2, 0.25) is 0 Å². The number of aliphatic hydroxyl groups excluding tert-OH is 2. The number of ether oxygens (including phenoxy) is 1. The first-order valence-electron chi connectivity index (χ1n) is 36.6. The highest BCUT2D eigenvalue weighted by atomic mass is 16.5. The molecule has 0 radical (unpaired) electrons. The summed E-state index contributed by atoms with van der Waals surface area (Å²) < 4.78 is 5.51. The maximum absolute atomic E-state index is 12.5. The molecule has 0 saturated carbocycles. The van der Waals surface area contributed by atoms with E-state index in [0.29, 0.717) is 19.4 Å². The average molecular weight is 1130 g/mol. The van der Waals surface area contributed by atoms with Crippen LogP contribution in [0.4, 0.5) is 0 Å². The third-order valence-corrected chi connectivity index (χ3v) is 17.2. The van der Waals surface area contributed by atoms with Gasteiger partial charge in [0.25, 0.3) is 0 Å². The van der Waals surface area contributed by atoms with E-state index in [9.17, 15) is 19.8 Å². The Bertz CT molecular complexity index is 1250. The molecule has 0 spiro atoms. The van der Waals surface area contributed by atoms with Crippen molar-refractivity contribution in [2.45, 2.75) is 424 Å². The lowest BCUT2D eigenvalue weighted by atomic mass is 10.0. The zero-order chi connectivity index (χ0) is 57.8. The van der Waals surface area contributed by atoms with Crippen LogP contribution in [0.25, 0.3) is 0 Å². The lowest BCUT2D eigenvalue weighted by Gasteiger charge is -2.20. The van der Waals surface area contributed by atoms with Gasteiger partial charge >= 0.3 is 5.97 Å². The third kappa shape index (κ3) is 65.5. The molecule has 0 aliphatic rings. The molecule has 80 heavy (non-hydrogen) atoms. The van der Waals surface area contributed by atoms with Gasteiger partial charge in [0.1, 0.15) is 0 Å². The second-order valence-electron chi connectivity index (χ2n) is 25.3. The van der Waals surface area contributed by atoms with Crippen LogP contribution in [0.3, 0.4) is 0 Å². The maximum atomic E-state index is 12.5. The highest BCUT2D eigenvalue weighted by Gasteiger charge is 2.18. The molecule has 2 unspecified atom stereocenters. The number of hydrogen-bond acceptors (Lipinski definition) is 5. The molecule has 0 aliphatic carbocycles. The summed E-state index contributed by atoms with van der Waals surface area (Å²) >= 11 is 0. The van der Waals surface area contributed by atoms with E-state index in [1.54, 1.807) is 6.08 Å². The van der Waals surface area contributed by atoms with Crippen molar-refractivity contribution in [1.82, 2.24) is 5.32 Å². The van der Waals surface area contributed by atoms with Gasteiger partial charge in [-0.3, -0.25) is 9.59 Å². The summed E-state index contributed by atoms with van der Waals surface area (Å²) in [6.07, 6.45) is 88.4. The molecular formula is C74H143NO5. The predicted molar refractivity (Wildman–Crippen MR) is 352 cm³/mol. The van der Waals surface area contributed by atoms with Crippen molar-refractivity contribution in [3.05, 3.63) is 24.3 Å². The van der Waals surface area contributed by atoms with Gasteiger partial charge in [-0.15, -0.1) is 0 Å². The predicted octanol–water partition coefficient (Wildman–Crippen LogP) is 23.7. The van der Waals surface area contributed by atoms with Gasteiger partial charge in [0.05, 0.1) is 25.4 Å². The number of esters is 1.